The second kappa shape index (κ2) is 27.1. The Kier molecular flexibility index (Phi) is 226. The van der Waals surface area contributed by atoms with Gasteiger partial charge in [-0.25, -0.2) is 0 Å². The van der Waals surface area contributed by atoms with Crippen LogP contribution in [0.1, 0.15) is 0 Å². The summed E-state index contributed by atoms with van der Waals surface area (Å²) in [6, 6.07) is 0. The molecule has 0 fully saturated rings. The first kappa shape index (κ1) is 41.7. The molecule has 0 radical (unpaired) electrons. The van der Waals surface area contributed by atoms with Crippen LogP contribution in [-0.4, -0.2) is 54.6 Å². The summed E-state index contributed by atoms with van der Waals surface area (Å²) in [5.41, 5.74) is 0. The molecule has 0 rings (SSSR count). The van der Waals surface area contributed by atoms with Gasteiger partial charge in [0, 0.05) is 42.1 Å². The third-order valence-electron chi connectivity index (χ3n) is 0. The van der Waals surface area contributed by atoms with E-state index in [0.29, 0.717) is 0 Å². The molecule has 24 valence electrons. The molecular formula is Mo2OTl2. The molecule has 0 heterocycles. The molecular weight excluding hydrogens is 617 g/mol. The van der Waals surface area contributed by atoms with Crippen LogP contribution < -0.4 is 0 Å². The van der Waals surface area contributed by atoms with Crippen molar-refractivity contribution >= 4 is 54.6 Å². The van der Waals surface area contributed by atoms with Gasteiger partial charge in [-0.1, -0.05) is 0 Å². The summed E-state index contributed by atoms with van der Waals surface area (Å²) in [5, 5.41) is 0. The van der Waals surface area contributed by atoms with Crippen LogP contribution in [0.25, 0.3) is 0 Å². The fourth-order valence-electron chi connectivity index (χ4n) is 0. The number of hydrogen-bond donors (Lipinski definition) is 0. The van der Waals surface area contributed by atoms with Crippen molar-refractivity contribution in [3.05, 3.63) is 0 Å². The second-order valence-corrected chi connectivity index (χ2v) is 0. The average molecular weight is 617 g/mol. The van der Waals surface area contributed by atoms with Crippen LogP contribution >= 0.6 is 0 Å². The minimum Gasteiger partial charge on any atom is -2.00 e. The minimum absolute atomic E-state index is 0. The Balaban J connectivity index is 0. The minimum atomic E-state index is 0. The zero-order valence-corrected chi connectivity index (χ0v) is 15.4. The zero-order chi connectivity index (χ0) is 0. The van der Waals surface area contributed by atoms with Gasteiger partial charge in [0.25, 0.3) is 0 Å². The molecule has 0 atom stereocenters. The van der Waals surface area contributed by atoms with Crippen molar-refractivity contribution in [2.75, 3.05) is 0 Å². The van der Waals surface area contributed by atoms with Crippen molar-refractivity contribution in [1.82, 2.24) is 0 Å². The van der Waals surface area contributed by atoms with E-state index in [1.165, 1.54) is 0 Å². The van der Waals surface area contributed by atoms with Crippen molar-refractivity contribution in [1.29, 1.82) is 0 Å². The number of hydrogen-bond acceptors (Lipinski definition) is 0. The van der Waals surface area contributed by atoms with Gasteiger partial charge >= 0.3 is 54.6 Å². The van der Waals surface area contributed by atoms with E-state index in [2.05, 4.69) is 0 Å². The van der Waals surface area contributed by atoms with Crippen molar-refractivity contribution < 1.29 is 47.6 Å². The topological polar surface area (TPSA) is 28.5 Å². The van der Waals surface area contributed by atoms with Crippen molar-refractivity contribution in [2.45, 2.75) is 0 Å². The average Bonchev–Trinajstić information content (AvgIpc) is 0. The van der Waals surface area contributed by atoms with Crippen LogP contribution in [0, 0.1) is 0 Å². The van der Waals surface area contributed by atoms with Gasteiger partial charge < -0.3 is 5.48 Å². The molecule has 0 N–H and O–H groups in total. The van der Waals surface area contributed by atoms with Gasteiger partial charge in [0.2, 0.25) is 0 Å². The molecule has 0 spiro atoms. The van der Waals surface area contributed by atoms with Crippen LogP contribution in [0.2, 0.25) is 0 Å². The van der Waals surface area contributed by atoms with E-state index in [0.717, 1.165) is 0 Å². The molecule has 0 bridgehead atoms. The van der Waals surface area contributed by atoms with Gasteiger partial charge in [-0.3, -0.25) is 0 Å². The maximum absolute atomic E-state index is 0. The van der Waals surface area contributed by atoms with Crippen LogP contribution in [0.5, 0.6) is 0 Å². The number of rotatable bonds is 0. The Morgan fingerprint density at radius 2 is 0.600 bits per heavy atom. The van der Waals surface area contributed by atoms with Gasteiger partial charge in [-0.2, -0.15) is 0 Å². The zero-order valence-electron chi connectivity index (χ0n) is 2.38. The van der Waals surface area contributed by atoms with E-state index in [4.69, 9.17) is 0 Å². The maximum atomic E-state index is 0. The quantitative estimate of drug-likeness (QED) is 0.317. The predicted octanol–water partition coefficient (Wildman–Crippen LogP) is -0.885. The van der Waals surface area contributed by atoms with E-state index >= 15 is 0 Å². The molecule has 0 saturated heterocycles. The fourth-order valence-corrected chi connectivity index (χ4v) is 0. The molecule has 0 unspecified atom stereocenters. The Morgan fingerprint density at radius 3 is 0.600 bits per heavy atom. The van der Waals surface area contributed by atoms with Crippen LogP contribution in [0.15, 0.2) is 0 Å². The van der Waals surface area contributed by atoms with E-state index in [1.54, 1.807) is 0 Å². The van der Waals surface area contributed by atoms with E-state index < -0.39 is 0 Å². The van der Waals surface area contributed by atoms with Crippen LogP contribution in [0.3, 0.4) is 0 Å². The molecule has 5 heteroatoms. The van der Waals surface area contributed by atoms with Crippen LogP contribution in [-0.2, 0) is 47.6 Å². The molecule has 0 aromatic rings. The van der Waals surface area contributed by atoms with E-state index in [-0.39, 0.29) is 102 Å². The summed E-state index contributed by atoms with van der Waals surface area (Å²) in [5.74, 6) is 0. The Bertz CT molecular complexity index is 7.61. The second-order valence-electron chi connectivity index (χ2n) is 0. The normalized spacial score (nSPS) is 0. The molecule has 5 heavy (non-hydrogen) atoms. The summed E-state index contributed by atoms with van der Waals surface area (Å²) in [4.78, 5) is 0. The Labute approximate surface area is 100 Å². The molecule has 1 nitrogen and oxygen atoms in total. The third kappa shape index (κ3) is 19.0. The smallest absolute Gasteiger partial charge is 1.00 e. The molecule has 0 aliphatic rings. The first-order chi connectivity index (χ1) is 0. The fraction of sp³-hybridized carbons (Fsp3) is 0. The molecule has 0 aromatic heterocycles. The summed E-state index contributed by atoms with van der Waals surface area (Å²) >= 11 is 0. The van der Waals surface area contributed by atoms with Crippen molar-refractivity contribution in [3.8, 4) is 0 Å². The summed E-state index contributed by atoms with van der Waals surface area (Å²) < 4.78 is 0. The van der Waals surface area contributed by atoms with E-state index in [1.807, 2.05) is 0 Å². The standard InChI is InChI=1S/2Mo.O.2Tl/q;;-2;2*+1. The summed E-state index contributed by atoms with van der Waals surface area (Å²) in [6.45, 7) is 0. The predicted molar refractivity (Wildman–Crippen MR) is 12.2 cm³/mol. The first-order valence-corrected chi connectivity index (χ1v) is 0. The monoisotopic (exact) mass is 622 g/mol. The Morgan fingerprint density at radius 1 is 0.600 bits per heavy atom. The van der Waals surface area contributed by atoms with Gasteiger partial charge in [0.1, 0.15) is 0 Å². The van der Waals surface area contributed by atoms with Crippen LogP contribution in [0.4, 0.5) is 0 Å². The first-order valence-electron chi connectivity index (χ1n) is 0. The SMILES string of the molecule is [Mo].[Mo].[O-2].[Tl+].[Tl+]. The summed E-state index contributed by atoms with van der Waals surface area (Å²) in [6.07, 6.45) is 0. The van der Waals surface area contributed by atoms with Gasteiger partial charge in [-0.05, 0) is 0 Å². The van der Waals surface area contributed by atoms with Crippen molar-refractivity contribution in [2.24, 2.45) is 0 Å². The largest absolute Gasteiger partial charge is 2.00 e. The molecule has 0 aliphatic heterocycles. The molecule has 0 saturated carbocycles. The van der Waals surface area contributed by atoms with E-state index in [9.17, 15) is 0 Å². The Hall–Kier alpha value is 3.18. The molecule has 0 aliphatic carbocycles. The maximum Gasteiger partial charge on any atom is 1.00 e. The molecule has 0 aromatic carbocycles. The van der Waals surface area contributed by atoms with Gasteiger partial charge in [-0.15, -0.1) is 0 Å². The molecule has 0 amide bonds. The van der Waals surface area contributed by atoms with Gasteiger partial charge in [0.15, 0.2) is 0 Å². The van der Waals surface area contributed by atoms with Gasteiger partial charge in [0.05, 0.1) is 0 Å². The van der Waals surface area contributed by atoms with Crippen molar-refractivity contribution in [3.63, 3.8) is 0 Å². The third-order valence-corrected chi connectivity index (χ3v) is 0. The summed E-state index contributed by atoms with van der Waals surface area (Å²) in [7, 11) is 0.